The summed E-state index contributed by atoms with van der Waals surface area (Å²) in [4.78, 5) is 15.4. The van der Waals surface area contributed by atoms with Gasteiger partial charge in [0.2, 0.25) is 0 Å². The molecule has 0 fully saturated rings. The van der Waals surface area contributed by atoms with Gasteiger partial charge < -0.3 is 15.2 Å². The number of nitro groups is 1. The second-order valence-corrected chi connectivity index (χ2v) is 5.12. The van der Waals surface area contributed by atoms with E-state index in [0.29, 0.717) is 33.2 Å². The molecule has 0 radical (unpaired) electrons. The molecule has 1 heterocycles. The monoisotopic (exact) mass is 313 g/mol. The third-order valence-electron chi connectivity index (χ3n) is 3.53. The second-order valence-electron chi connectivity index (χ2n) is 5.12. The largest absolute Gasteiger partial charge is 0.497 e. The van der Waals surface area contributed by atoms with Gasteiger partial charge in [-0.1, -0.05) is 6.07 Å². The number of hydrogen-bond acceptors (Lipinski definition) is 6. The zero-order chi connectivity index (χ0) is 16.6. The summed E-state index contributed by atoms with van der Waals surface area (Å²) in [6.45, 7) is 1.55. The van der Waals surface area contributed by atoms with Crippen molar-refractivity contribution in [1.82, 2.24) is 4.98 Å². The molecule has 118 valence electrons. The second kappa shape index (κ2) is 5.69. The van der Waals surface area contributed by atoms with Crippen LogP contribution in [0.4, 0.5) is 11.4 Å². The molecule has 3 aromatic rings. The number of fused-ring (bicyclic) bond motifs is 2. The van der Waals surface area contributed by atoms with Crippen LogP contribution in [-0.2, 0) is 0 Å². The fraction of sp³-hybridized carbons (Fsp3) is 0.188. The van der Waals surface area contributed by atoms with Crippen molar-refractivity contribution in [3.63, 3.8) is 0 Å². The van der Waals surface area contributed by atoms with Crippen molar-refractivity contribution < 1.29 is 14.8 Å². The highest BCUT2D eigenvalue weighted by Crippen LogP contribution is 2.38. The highest BCUT2D eigenvalue weighted by Gasteiger charge is 2.20. The highest BCUT2D eigenvalue weighted by molar-refractivity contribution is 6.11. The maximum absolute atomic E-state index is 11.4. The molecule has 1 aromatic heterocycles. The van der Waals surface area contributed by atoms with E-state index in [1.165, 1.54) is 6.07 Å². The number of aromatic nitrogens is 1. The zero-order valence-corrected chi connectivity index (χ0v) is 12.6. The van der Waals surface area contributed by atoms with Gasteiger partial charge in [0.15, 0.2) is 0 Å². The number of aliphatic hydroxyl groups excluding tert-OH is 1. The molecule has 0 aliphatic carbocycles. The van der Waals surface area contributed by atoms with E-state index in [-0.39, 0.29) is 5.69 Å². The number of anilines is 1. The molecule has 2 aromatic carbocycles. The number of rotatable bonds is 4. The highest BCUT2D eigenvalue weighted by atomic mass is 16.6. The SMILES string of the molecule is COc1ccc2nc3cccc([N+](=O)[O-])c3c(NC(C)O)c2c1. The number of ether oxygens (including phenoxy) is 1. The molecule has 23 heavy (non-hydrogen) atoms. The van der Waals surface area contributed by atoms with Gasteiger partial charge in [-0.25, -0.2) is 4.98 Å². The molecule has 1 atom stereocenters. The van der Waals surface area contributed by atoms with Gasteiger partial charge in [-0.3, -0.25) is 10.1 Å². The Morgan fingerprint density at radius 3 is 2.74 bits per heavy atom. The molecule has 3 rings (SSSR count). The van der Waals surface area contributed by atoms with Crippen molar-refractivity contribution in [2.45, 2.75) is 13.2 Å². The first-order valence-corrected chi connectivity index (χ1v) is 7.00. The van der Waals surface area contributed by atoms with Crippen molar-refractivity contribution in [3.8, 4) is 5.75 Å². The fourth-order valence-corrected chi connectivity index (χ4v) is 2.59. The van der Waals surface area contributed by atoms with Crippen LogP contribution in [0.1, 0.15) is 6.92 Å². The van der Waals surface area contributed by atoms with Gasteiger partial charge in [-0.15, -0.1) is 0 Å². The van der Waals surface area contributed by atoms with E-state index < -0.39 is 11.2 Å². The number of methoxy groups -OCH3 is 1. The van der Waals surface area contributed by atoms with Gasteiger partial charge in [-0.2, -0.15) is 0 Å². The van der Waals surface area contributed by atoms with Crippen molar-refractivity contribution >= 4 is 33.2 Å². The van der Waals surface area contributed by atoms with E-state index in [1.807, 2.05) is 0 Å². The Balaban J connectivity index is 2.48. The van der Waals surface area contributed by atoms with E-state index in [9.17, 15) is 15.2 Å². The molecular formula is C16H15N3O4. The Kier molecular flexibility index (Phi) is 3.71. The van der Waals surface area contributed by atoms with E-state index in [0.717, 1.165) is 0 Å². The number of aliphatic hydroxyl groups is 1. The van der Waals surface area contributed by atoms with Crippen molar-refractivity contribution in [3.05, 3.63) is 46.5 Å². The summed E-state index contributed by atoms with van der Waals surface area (Å²) in [5.74, 6) is 0.603. The number of nitrogens with zero attached hydrogens (tertiary/aromatic N) is 2. The Morgan fingerprint density at radius 1 is 1.30 bits per heavy atom. The van der Waals surface area contributed by atoms with Crippen LogP contribution in [0.5, 0.6) is 5.75 Å². The van der Waals surface area contributed by atoms with Gasteiger partial charge in [0.05, 0.1) is 28.8 Å². The maximum atomic E-state index is 11.4. The zero-order valence-electron chi connectivity index (χ0n) is 12.6. The molecule has 1 unspecified atom stereocenters. The van der Waals surface area contributed by atoms with Gasteiger partial charge in [0, 0.05) is 11.5 Å². The van der Waals surface area contributed by atoms with E-state index in [4.69, 9.17) is 4.74 Å². The predicted octanol–water partition coefficient (Wildman–Crippen LogP) is 3.06. The van der Waals surface area contributed by atoms with E-state index in [2.05, 4.69) is 10.3 Å². The lowest BCUT2D eigenvalue weighted by Gasteiger charge is -2.15. The number of nitrogens with one attached hydrogen (secondary N) is 1. The van der Waals surface area contributed by atoms with Crippen LogP contribution >= 0.6 is 0 Å². The van der Waals surface area contributed by atoms with Crippen LogP contribution in [-0.4, -0.2) is 28.4 Å². The molecule has 0 bridgehead atoms. The molecule has 7 heteroatoms. The third-order valence-corrected chi connectivity index (χ3v) is 3.53. The number of pyridine rings is 1. The summed E-state index contributed by atoms with van der Waals surface area (Å²) >= 11 is 0. The average molecular weight is 313 g/mol. The first-order valence-electron chi connectivity index (χ1n) is 7.00. The number of non-ortho nitro benzene ring substituents is 1. The number of benzene rings is 2. The summed E-state index contributed by atoms with van der Waals surface area (Å²) < 4.78 is 5.22. The topological polar surface area (TPSA) is 97.5 Å². The third kappa shape index (κ3) is 2.62. The van der Waals surface area contributed by atoms with Crippen LogP contribution in [0.2, 0.25) is 0 Å². The Labute approximate surface area is 131 Å². The first kappa shape index (κ1) is 15.0. The summed E-state index contributed by atoms with van der Waals surface area (Å²) in [5.41, 5.74) is 1.54. The van der Waals surface area contributed by atoms with Crippen molar-refractivity contribution in [1.29, 1.82) is 0 Å². The Hall–Kier alpha value is -2.93. The lowest BCUT2D eigenvalue weighted by molar-refractivity contribution is -0.383. The molecule has 0 saturated carbocycles. The minimum Gasteiger partial charge on any atom is -0.497 e. The van der Waals surface area contributed by atoms with E-state index >= 15 is 0 Å². The van der Waals surface area contributed by atoms with Crippen LogP contribution < -0.4 is 10.1 Å². The first-order chi connectivity index (χ1) is 11.0. The normalized spacial score (nSPS) is 12.3. The fourth-order valence-electron chi connectivity index (χ4n) is 2.59. The smallest absolute Gasteiger partial charge is 0.280 e. The van der Waals surface area contributed by atoms with Crippen molar-refractivity contribution in [2.75, 3.05) is 12.4 Å². The van der Waals surface area contributed by atoms with Gasteiger partial charge in [-0.05, 0) is 31.2 Å². The maximum Gasteiger partial charge on any atom is 0.280 e. The average Bonchev–Trinajstić information content (AvgIpc) is 2.53. The summed E-state index contributed by atoms with van der Waals surface area (Å²) in [7, 11) is 1.54. The van der Waals surface area contributed by atoms with Crippen molar-refractivity contribution in [2.24, 2.45) is 0 Å². The van der Waals surface area contributed by atoms with Crippen LogP contribution in [0.3, 0.4) is 0 Å². The molecule has 0 amide bonds. The Morgan fingerprint density at radius 2 is 2.09 bits per heavy atom. The molecule has 0 aliphatic heterocycles. The van der Waals surface area contributed by atoms with Gasteiger partial charge in [0.25, 0.3) is 5.69 Å². The summed E-state index contributed by atoms with van der Waals surface area (Å²) in [5, 5.41) is 25.0. The standard InChI is InChI=1S/C16H15N3O4/c1-9(20)17-16-11-8-10(23-2)6-7-12(11)18-13-4-3-5-14(15(13)16)19(21)22/h3-9,20H,1-2H3,(H,17,18). The molecule has 0 aliphatic rings. The Bertz CT molecular complexity index is 909. The lowest BCUT2D eigenvalue weighted by atomic mass is 10.1. The van der Waals surface area contributed by atoms with E-state index in [1.54, 1.807) is 44.4 Å². The van der Waals surface area contributed by atoms with Crippen LogP contribution in [0, 0.1) is 10.1 Å². The molecule has 0 spiro atoms. The minimum absolute atomic E-state index is 0.0668. The summed E-state index contributed by atoms with van der Waals surface area (Å²) in [6.07, 6.45) is -0.880. The predicted molar refractivity (Wildman–Crippen MR) is 87.8 cm³/mol. The van der Waals surface area contributed by atoms with Crippen LogP contribution in [0.25, 0.3) is 21.8 Å². The molecule has 0 saturated heterocycles. The van der Waals surface area contributed by atoms with Crippen LogP contribution in [0.15, 0.2) is 36.4 Å². The molecule has 2 N–H and O–H groups in total. The number of hydrogen-bond donors (Lipinski definition) is 2. The lowest BCUT2D eigenvalue weighted by Crippen LogP contribution is -2.14. The minimum atomic E-state index is -0.880. The quantitative estimate of drug-likeness (QED) is 0.332. The summed E-state index contributed by atoms with van der Waals surface area (Å²) in [6, 6.07) is 10.0. The molecule has 7 nitrogen and oxygen atoms in total. The molecular weight excluding hydrogens is 298 g/mol. The number of nitro benzene ring substituents is 1. The van der Waals surface area contributed by atoms with Gasteiger partial charge in [0.1, 0.15) is 17.4 Å². The van der Waals surface area contributed by atoms with Gasteiger partial charge >= 0.3 is 0 Å².